The summed E-state index contributed by atoms with van der Waals surface area (Å²) in [5, 5.41) is 4.07. The second-order valence-electron chi connectivity index (χ2n) is 4.35. The Morgan fingerprint density at radius 3 is 2.53 bits per heavy atom. The number of anilines is 1. The van der Waals surface area contributed by atoms with Crippen LogP contribution in [0.3, 0.4) is 0 Å². The topological polar surface area (TPSA) is 64.1 Å². The smallest absolute Gasteiger partial charge is 0.244 e. The first kappa shape index (κ1) is 12.4. The number of halogens is 1. The highest BCUT2D eigenvalue weighted by atomic mass is 79.9. The number of nitrogens with two attached hydrogens (primary N) is 1. The number of hydrogen-bond donors (Lipinski definition) is 1. The van der Waals surface area contributed by atoms with E-state index in [0.29, 0.717) is 5.82 Å². The van der Waals surface area contributed by atoms with Gasteiger partial charge in [0.2, 0.25) is 5.91 Å². The summed E-state index contributed by atoms with van der Waals surface area (Å²) < 4.78 is 2.33. The van der Waals surface area contributed by atoms with E-state index in [9.17, 15) is 4.79 Å². The fourth-order valence-electron chi connectivity index (χ4n) is 2.05. The summed E-state index contributed by atoms with van der Waals surface area (Å²) >= 11 is 3.28. The molecule has 0 bridgehead atoms. The molecule has 0 atom stereocenters. The van der Waals surface area contributed by atoms with E-state index >= 15 is 0 Å². The zero-order valence-electron chi connectivity index (χ0n) is 9.73. The van der Waals surface area contributed by atoms with Crippen molar-refractivity contribution in [1.82, 2.24) is 14.7 Å². The van der Waals surface area contributed by atoms with E-state index in [4.69, 9.17) is 5.73 Å². The minimum absolute atomic E-state index is 0.127. The molecule has 1 aromatic rings. The van der Waals surface area contributed by atoms with Crippen LogP contribution in [0.4, 0.5) is 5.82 Å². The predicted molar refractivity (Wildman–Crippen MR) is 69.4 cm³/mol. The van der Waals surface area contributed by atoms with Crippen LogP contribution in [-0.4, -0.2) is 33.7 Å². The summed E-state index contributed by atoms with van der Waals surface area (Å²) in [5.74, 6) is 0.551. The lowest BCUT2D eigenvalue weighted by atomic mass is 10.2. The van der Waals surface area contributed by atoms with Crippen molar-refractivity contribution < 1.29 is 4.79 Å². The van der Waals surface area contributed by atoms with E-state index in [1.54, 1.807) is 10.9 Å². The molecule has 2 N–H and O–H groups in total. The Bertz CT molecular complexity index is 377. The van der Waals surface area contributed by atoms with Gasteiger partial charge in [-0.25, -0.2) is 0 Å². The van der Waals surface area contributed by atoms with Crippen molar-refractivity contribution in [1.29, 1.82) is 0 Å². The first-order valence-electron chi connectivity index (χ1n) is 5.93. The van der Waals surface area contributed by atoms with Crippen LogP contribution >= 0.6 is 15.9 Å². The zero-order valence-corrected chi connectivity index (χ0v) is 11.3. The molecule has 5 nitrogen and oxygen atoms in total. The standard InChI is InChI=1S/C11H17BrN4O/c12-9-7-16(14-11(9)13)8-10(17)15-5-3-1-2-4-6-15/h7H,1-6,8H2,(H2,13,14). The van der Waals surface area contributed by atoms with E-state index in [-0.39, 0.29) is 12.5 Å². The number of hydrogen-bond acceptors (Lipinski definition) is 3. The quantitative estimate of drug-likeness (QED) is 0.903. The molecule has 1 saturated heterocycles. The Kier molecular flexibility index (Phi) is 4.04. The van der Waals surface area contributed by atoms with Crippen LogP contribution in [-0.2, 0) is 11.3 Å². The van der Waals surface area contributed by atoms with Gasteiger partial charge >= 0.3 is 0 Å². The Morgan fingerprint density at radius 1 is 1.35 bits per heavy atom. The van der Waals surface area contributed by atoms with Gasteiger partial charge in [-0.15, -0.1) is 0 Å². The summed E-state index contributed by atoms with van der Waals surface area (Å²) in [4.78, 5) is 14.0. The highest BCUT2D eigenvalue weighted by Gasteiger charge is 2.16. The largest absolute Gasteiger partial charge is 0.381 e. The Balaban J connectivity index is 1.95. The van der Waals surface area contributed by atoms with Crippen molar-refractivity contribution >= 4 is 27.7 Å². The molecule has 1 aliphatic heterocycles. The third-order valence-electron chi connectivity index (χ3n) is 3.00. The molecule has 0 saturated carbocycles. The fraction of sp³-hybridized carbons (Fsp3) is 0.636. The molecule has 1 aliphatic rings. The molecule has 1 amide bonds. The minimum atomic E-state index is 0.127. The van der Waals surface area contributed by atoms with Crippen LogP contribution in [0.1, 0.15) is 25.7 Å². The third kappa shape index (κ3) is 3.21. The summed E-state index contributed by atoms with van der Waals surface area (Å²) in [5.41, 5.74) is 5.62. The second-order valence-corrected chi connectivity index (χ2v) is 5.21. The number of rotatable bonds is 2. The average molecular weight is 301 g/mol. The maximum atomic E-state index is 12.0. The highest BCUT2D eigenvalue weighted by Crippen LogP contribution is 2.16. The van der Waals surface area contributed by atoms with Gasteiger partial charge in [0.15, 0.2) is 5.82 Å². The van der Waals surface area contributed by atoms with Gasteiger partial charge in [0.1, 0.15) is 6.54 Å². The predicted octanol–water partition coefficient (Wildman–Crippen LogP) is 1.63. The van der Waals surface area contributed by atoms with Crippen LogP contribution in [0.15, 0.2) is 10.7 Å². The molecule has 6 heteroatoms. The van der Waals surface area contributed by atoms with Gasteiger partial charge in [-0.2, -0.15) is 5.10 Å². The fourth-order valence-corrected chi connectivity index (χ4v) is 2.37. The van der Waals surface area contributed by atoms with E-state index in [0.717, 1.165) is 30.4 Å². The van der Waals surface area contributed by atoms with Crippen molar-refractivity contribution in [3.63, 3.8) is 0 Å². The summed E-state index contributed by atoms with van der Waals surface area (Å²) in [7, 11) is 0. The Hall–Kier alpha value is -1.04. The maximum Gasteiger partial charge on any atom is 0.244 e. The van der Waals surface area contributed by atoms with Gasteiger partial charge in [0, 0.05) is 19.3 Å². The SMILES string of the molecule is Nc1nn(CC(=O)N2CCCCCC2)cc1Br. The molecule has 0 aromatic carbocycles. The van der Waals surface area contributed by atoms with Gasteiger partial charge in [0.05, 0.1) is 4.47 Å². The molecule has 94 valence electrons. The van der Waals surface area contributed by atoms with Crippen LogP contribution in [0.5, 0.6) is 0 Å². The molecule has 0 unspecified atom stereocenters. The lowest BCUT2D eigenvalue weighted by Crippen LogP contribution is -2.34. The van der Waals surface area contributed by atoms with Crippen LogP contribution < -0.4 is 5.73 Å². The van der Waals surface area contributed by atoms with Crippen molar-refractivity contribution in [3.05, 3.63) is 10.7 Å². The maximum absolute atomic E-state index is 12.0. The molecule has 0 aliphatic carbocycles. The molecular formula is C11H17BrN4O. The second kappa shape index (κ2) is 5.53. The number of likely N-dealkylation sites (tertiary alicyclic amines) is 1. The number of amides is 1. The zero-order chi connectivity index (χ0) is 12.3. The molecule has 17 heavy (non-hydrogen) atoms. The van der Waals surface area contributed by atoms with Gasteiger partial charge < -0.3 is 10.6 Å². The molecular weight excluding hydrogens is 284 g/mol. The van der Waals surface area contributed by atoms with Crippen molar-refractivity contribution in [2.24, 2.45) is 0 Å². The van der Waals surface area contributed by atoms with Gasteiger partial charge in [-0.3, -0.25) is 9.48 Å². The van der Waals surface area contributed by atoms with Gasteiger partial charge in [-0.1, -0.05) is 12.8 Å². The first-order valence-corrected chi connectivity index (χ1v) is 6.72. The normalized spacial score (nSPS) is 16.9. The van der Waals surface area contributed by atoms with Crippen molar-refractivity contribution in [2.45, 2.75) is 32.2 Å². The van der Waals surface area contributed by atoms with Crippen molar-refractivity contribution in [2.75, 3.05) is 18.8 Å². The lowest BCUT2D eigenvalue weighted by molar-refractivity contribution is -0.132. The molecule has 1 aromatic heterocycles. The number of nitrogens with zero attached hydrogens (tertiary/aromatic N) is 3. The van der Waals surface area contributed by atoms with E-state index in [1.165, 1.54) is 12.8 Å². The Morgan fingerprint density at radius 2 is 2.00 bits per heavy atom. The van der Waals surface area contributed by atoms with E-state index in [1.807, 2.05) is 4.90 Å². The molecule has 1 fully saturated rings. The van der Waals surface area contributed by atoms with Crippen LogP contribution in [0, 0.1) is 0 Å². The number of aromatic nitrogens is 2. The molecule has 0 radical (unpaired) electrons. The van der Waals surface area contributed by atoms with Crippen LogP contribution in [0.25, 0.3) is 0 Å². The lowest BCUT2D eigenvalue weighted by Gasteiger charge is -2.20. The highest BCUT2D eigenvalue weighted by molar-refractivity contribution is 9.10. The molecule has 2 heterocycles. The molecule has 0 spiro atoms. The molecule has 2 rings (SSSR count). The van der Waals surface area contributed by atoms with E-state index < -0.39 is 0 Å². The summed E-state index contributed by atoms with van der Waals surface area (Å²) in [6.07, 6.45) is 6.41. The third-order valence-corrected chi connectivity index (χ3v) is 3.61. The van der Waals surface area contributed by atoms with Crippen LogP contribution in [0.2, 0.25) is 0 Å². The monoisotopic (exact) mass is 300 g/mol. The number of carbonyl (C=O) groups is 1. The summed E-state index contributed by atoms with van der Waals surface area (Å²) in [6, 6.07) is 0. The van der Waals surface area contributed by atoms with Gasteiger partial charge in [0.25, 0.3) is 0 Å². The number of nitrogen functional groups attached to an aromatic ring is 1. The minimum Gasteiger partial charge on any atom is -0.381 e. The summed E-state index contributed by atoms with van der Waals surface area (Å²) in [6.45, 7) is 2.02. The Labute approximate surface area is 109 Å². The van der Waals surface area contributed by atoms with Gasteiger partial charge in [-0.05, 0) is 28.8 Å². The van der Waals surface area contributed by atoms with E-state index in [2.05, 4.69) is 21.0 Å². The average Bonchev–Trinajstić information content (AvgIpc) is 2.54. The first-order chi connectivity index (χ1) is 8.16. The van der Waals surface area contributed by atoms with Crippen molar-refractivity contribution in [3.8, 4) is 0 Å². The number of carbonyl (C=O) groups excluding carboxylic acids is 1.